The van der Waals surface area contributed by atoms with E-state index in [1.54, 1.807) is 0 Å². The topological polar surface area (TPSA) is 51.2 Å². The molecule has 0 spiro atoms. The number of alkyl halides is 3. The molecule has 0 atom stereocenters. The Morgan fingerprint density at radius 1 is 1.17 bits per heavy atom. The van der Waals surface area contributed by atoms with Gasteiger partial charge in [0.1, 0.15) is 11.6 Å². The van der Waals surface area contributed by atoms with Crippen molar-refractivity contribution in [3.05, 3.63) is 53.7 Å². The lowest BCUT2D eigenvalue weighted by Gasteiger charge is -2.09. The molecule has 2 aromatic rings. The lowest BCUT2D eigenvalue weighted by atomic mass is 10.2. The first-order chi connectivity index (χ1) is 10.7. The number of carbonyl (C=O) groups is 1. The largest absolute Gasteiger partial charge is 0.468 e. The maximum absolute atomic E-state index is 13.4. The van der Waals surface area contributed by atoms with Crippen molar-refractivity contribution in [1.29, 1.82) is 0 Å². The van der Waals surface area contributed by atoms with Crippen LogP contribution in [0.1, 0.15) is 10.4 Å². The first-order valence-electron chi connectivity index (χ1n) is 6.16. The molecule has 9 heteroatoms. The summed E-state index contributed by atoms with van der Waals surface area (Å²) in [5.74, 6) is -2.92. The van der Waals surface area contributed by atoms with Crippen LogP contribution in [0.3, 0.4) is 0 Å². The minimum Gasteiger partial charge on any atom is -0.468 e. The number of nitrogens with zero attached hydrogens (tertiary/aromatic N) is 1. The minimum atomic E-state index is -4.50. The van der Waals surface area contributed by atoms with Crippen LogP contribution in [0.2, 0.25) is 0 Å². The van der Waals surface area contributed by atoms with Gasteiger partial charge in [-0.15, -0.1) is 0 Å². The van der Waals surface area contributed by atoms with E-state index in [0.717, 1.165) is 30.5 Å². The molecule has 4 nitrogen and oxygen atoms in total. The lowest BCUT2D eigenvalue weighted by molar-refractivity contribution is -0.154. The van der Waals surface area contributed by atoms with Gasteiger partial charge in [0.2, 0.25) is 5.88 Å². The average molecular weight is 332 g/mol. The van der Waals surface area contributed by atoms with Gasteiger partial charge in [0.25, 0.3) is 5.91 Å². The van der Waals surface area contributed by atoms with Crippen LogP contribution in [0.15, 0.2) is 36.5 Å². The third kappa shape index (κ3) is 4.90. The van der Waals surface area contributed by atoms with E-state index >= 15 is 0 Å². The Bertz CT molecular complexity index is 701. The predicted octanol–water partition coefficient (Wildman–Crippen LogP) is 3.55. The molecule has 1 aromatic carbocycles. The summed E-state index contributed by atoms with van der Waals surface area (Å²) in [5.41, 5.74) is -0.430. The summed E-state index contributed by atoms with van der Waals surface area (Å²) in [5, 5.41) is 2.24. The van der Waals surface area contributed by atoms with Crippen LogP contribution in [0.5, 0.6) is 5.88 Å². The number of halogens is 5. The molecule has 0 fully saturated rings. The molecule has 1 heterocycles. The Kier molecular flexibility index (Phi) is 4.77. The Morgan fingerprint density at radius 3 is 2.52 bits per heavy atom. The number of anilines is 1. The van der Waals surface area contributed by atoms with Crippen LogP contribution in [0.25, 0.3) is 0 Å². The van der Waals surface area contributed by atoms with Crippen molar-refractivity contribution in [2.45, 2.75) is 6.18 Å². The smallest absolute Gasteiger partial charge is 0.422 e. The number of rotatable bonds is 4. The van der Waals surface area contributed by atoms with Gasteiger partial charge in [-0.2, -0.15) is 13.2 Å². The van der Waals surface area contributed by atoms with E-state index in [1.807, 2.05) is 0 Å². The van der Waals surface area contributed by atoms with Crippen molar-refractivity contribution >= 4 is 11.6 Å². The second-order valence-electron chi connectivity index (χ2n) is 4.37. The second-order valence-corrected chi connectivity index (χ2v) is 4.37. The number of carbonyl (C=O) groups excluding carboxylic acids is 1. The van der Waals surface area contributed by atoms with Gasteiger partial charge < -0.3 is 10.1 Å². The number of benzene rings is 1. The van der Waals surface area contributed by atoms with Crippen LogP contribution in [-0.2, 0) is 0 Å². The predicted molar refractivity (Wildman–Crippen MR) is 70.1 cm³/mol. The fraction of sp³-hybridized carbons (Fsp3) is 0.143. The van der Waals surface area contributed by atoms with E-state index in [1.165, 1.54) is 6.07 Å². The van der Waals surface area contributed by atoms with Gasteiger partial charge in [-0.3, -0.25) is 4.79 Å². The molecular weight excluding hydrogens is 323 g/mol. The van der Waals surface area contributed by atoms with Crippen LogP contribution >= 0.6 is 0 Å². The molecule has 0 aliphatic rings. The number of pyridine rings is 1. The number of hydrogen-bond acceptors (Lipinski definition) is 3. The van der Waals surface area contributed by atoms with Crippen molar-refractivity contribution in [1.82, 2.24) is 4.98 Å². The standard InChI is InChI=1S/C14H9F5N2O2/c15-8-1-3-11(16)10(5-8)13(22)21-9-2-4-12(20-6-9)23-7-14(17,18)19/h1-6H,7H2,(H,21,22). The van der Waals surface area contributed by atoms with E-state index in [2.05, 4.69) is 15.0 Å². The molecule has 122 valence electrons. The number of amides is 1. The van der Waals surface area contributed by atoms with Crippen LogP contribution < -0.4 is 10.1 Å². The van der Waals surface area contributed by atoms with Gasteiger partial charge >= 0.3 is 6.18 Å². The zero-order valence-electron chi connectivity index (χ0n) is 11.3. The number of nitrogens with one attached hydrogen (secondary N) is 1. The monoisotopic (exact) mass is 332 g/mol. The number of ether oxygens (including phenoxy) is 1. The third-order valence-corrected chi connectivity index (χ3v) is 2.55. The van der Waals surface area contributed by atoms with Crippen molar-refractivity contribution in [3.8, 4) is 5.88 Å². The molecule has 0 radical (unpaired) electrons. The Labute approximate surface area is 126 Å². The molecule has 0 aliphatic heterocycles. The summed E-state index contributed by atoms with van der Waals surface area (Å²) < 4.78 is 66.8. The van der Waals surface area contributed by atoms with Crippen LogP contribution in [-0.4, -0.2) is 23.7 Å². The normalized spacial score (nSPS) is 11.2. The quantitative estimate of drug-likeness (QED) is 0.871. The summed E-state index contributed by atoms with van der Waals surface area (Å²) in [6, 6.07) is 4.70. The number of hydrogen-bond donors (Lipinski definition) is 1. The highest BCUT2D eigenvalue weighted by atomic mass is 19.4. The van der Waals surface area contributed by atoms with E-state index < -0.39 is 35.9 Å². The Balaban J connectivity index is 2.03. The molecule has 0 saturated carbocycles. The van der Waals surface area contributed by atoms with Crippen LogP contribution in [0, 0.1) is 11.6 Å². The maximum Gasteiger partial charge on any atom is 0.422 e. The van der Waals surface area contributed by atoms with Crippen LogP contribution in [0.4, 0.5) is 27.6 Å². The summed E-state index contributed by atoms with van der Waals surface area (Å²) in [7, 11) is 0. The molecule has 0 saturated heterocycles. The summed E-state index contributed by atoms with van der Waals surface area (Å²) in [4.78, 5) is 15.4. The summed E-state index contributed by atoms with van der Waals surface area (Å²) in [6.07, 6.45) is -3.47. The molecule has 1 N–H and O–H groups in total. The summed E-state index contributed by atoms with van der Waals surface area (Å²) >= 11 is 0. The fourth-order valence-corrected chi connectivity index (χ4v) is 1.57. The van der Waals surface area contributed by atoms with E-state index in [9.17, 15) is 26.7 Å². The molecule has 23 heavy (non-hydrogen) atoms. The van der Waals surface area contributed by atoms with E-state index in [4.69, 9.17) is 0 Å². The van der Waals surface area contributed by atoms with Gasteiger partial charge in [0.15, 0.2) is 6.61 Å². The highest BCUT2D eigenvalue weighted by Crippen LogP contribution is 2.18. The average Bonchev–Trinajstić information content (AvgIpc) is 2.48. The zero-order chi connectivity index (χ0) is 17.0. The van der Waals surface area contributed by atoms with Gasteiger partial charge in [0, 0.05) is 6.07 Å². The molecular formula is C14H9F5N2O2. The maximum atomic E-state index is 13.4. The molecule has 0 bridgehead atoms. The van der Waals surface area contributed by atoms with Crippen molar-refractivity contribution in [3.63, 3.8) is 0 Å². The highest BCUT2D eigenvalue weighted by Gasteiger charge is 2.28. The first kappa shape index (κ1) is 16.7. The SMILES string of the molecule is O=C(Nc1ccc(OCC(F)(F)F)nc1)c1cc(F)ccc1F. The molecule has 0 aliphatic carbocycles. The number of aromatic nitrogens is 1. The molecule has 0 unspecified atom stereocenters. The lowest BCUT2D eigenvalue weighted by Crippen LogP contribution is -2.19. The fourth-order valence-electron chi connectivity index (χ4n) is 1.57. The van der Waals surface area contributed by atoms with Crippen molar-refractivity contribution in [2.75, 3.05) is 11.9 Å². The zero-order valence-corrected chi connectivity index (χ0v) is 11.3. The highest BCUT2D eigenvalue weighted by molar-refractivity contribution is 6.04. The molecule has 1 aromatic heterocycles. The second kappa shape index (κ2) is 6.59. The first-order valence-corrected chi connectivity index (χ1v) is 6.16. The van der Waals surface area contributed by atoms with Gasteiger partial charge in [0.05, 0.1) is 17.4 Å². The van der Waals surface area contributed by atoms with Crippen molar-refractivity contribution in [2.24, 2.45) is 0 Å². The van der Waals surface area contributed by atoms with Gasteiger partial charge in [-0.1, -0.05) is 0 Å². The third-order valence-electron chi connectivity index (χ3n) is 2.55. The summed E-state index contributed by atoms with van der Waals surface area (Å²) in [6.45, 7) is -1.50. The Morgan fingerprint density at radius 2 is 1.91 bits per heavy atom. The molecule has 1 amide bonds. The van der Waals surface area contributed by atoms with Gasteiger partial charge in [-0.25, -0.2) is 13.8 Å². The van der Waals surface area contributed by atoms with Gasteiger partial charge in [-0.05, 0) is 24.3 Å². The van der Waals surface area contributed by atoms with E-state index in [-0.39, 0.29) is 11.6 Å². The molecule has 2 rings (SSSR count). The Hall–Kier alpha value is -2.71. The van der Waals surface area contributed by atoms with Crippen molar-refractivity contribution < 1.29 is 31.5 Å². The minimum absolute atomic E-state index is 0.0815. The van der Waals surface area contributed by atoms with E-state index in [0.29, 0.717) is 0 Å².